The molecule has 6 heteroatoms. The van der Waals surface area contributed by atoms with Gasteiger partial charge in [0.2, 0.25) is 11.8 Å². The molecule has 0 aromatic heterocycles. The third kappa shape index (κ3) is 2.93. The molecule has 2 heterocycles. The summed E-state index contributed by atoms with van der Waals surface area (Å²) in [7, 11) is 0. The molecule has 2 aliphatic rings. The van der Waals surface area contributed by atoms with Crippen molar-refractivity contribution < 1.29 is 14.7 Å². The molecule has 2 fully saturated rings. The summed E-state index contributed by atoms with van der Waals surface area (Å²) in [5.41, 5.74) is 0. The maximum atomic E-state index is 12.0. The van der Waals surface area contributed by atoms with E-state index in [2.05, 4.69) is 0 Å². The first-order valence-electron chi connectivity index (χ1n) is 5.89. The van der Waals surface area contributed by atoms with Crippen molar-refractivity contribution in [1.29, 1.82) is 0 Å². The highest BCUT2D eigenvalue weighted by Gasteiger charge is 2.31. The third-order valence-electron chi connectivity index (χ3n) is 3.41. The van der Waals surface area contributed by atoms with Gasteiger partial charge < -0.3 is 14.9 Å². The lowest BCUT2D eigenvalue weighted by atomic mass is 10.0. The molecule has 1 N–H and O–H groups in total. The summed E-state index contributed by atoms with van der Waals surface area (Å²) in [5, 5.41) is 9.47. The molecule has 0 spiro atoms. The normalized spacial score (nSPS) is 26.7. The molecule has 0 bridgehead atoms. The summed E-state index contributed by atoms with van der Waals surface area (Å²) < 4.78 is 0. The fourth-order valence-electron chi connectivity index (χ4n) is 2.21. The zero-order valence-electron chi connectivity index (χ0n) is 9.96. The van der Waals surface area contributed by atoms with E-state index in [9.17, 15) is 14.7 Å². The molecule has 2 atom stereocenters. The number of aliphatic hydroxyl groups excluding tert-OH is 1. The van der Waals surface area contributed by atoms with Gasteiger partial charge in [-0.25, -0.2) is 0 Å². The van der Waals surface area contributed by atoms with Gasteiger partial charge in [0.1, 0.15) is 6.54 Å². The topological polar surface area (TPSA) is 60.9 Å². The Morgan fingerprint density at radius 1 is 1.65 bits per heavy atom. The maximum absolute atomic E-state index is 12.0. The van der Waals surface area contributed by atoms with Gasteiger partial charge in [-0.1, -0.05) is 0 Å². The van der Waals surface area contributed by atoms with Crippen LogP contribution in [-0.4, -0.2) is 64.1 Å². The van der Waals surface area contributed by atoms with E-state index in [1.807, 2.05) is 0 Å². The Labute approximate surface area is 105 Å². The molecule has 17 heavy (non-hydrogen) atoms. The molecular formula is C11H18N2O3S. The number of hydrogen-bond acceptors (Lipinski definition) is 4. The second-order valence-electron chi connectivity index (χ2n) is 4.70. The molecule has 2 rings (SSSR count). The van der Waals surface area contributed by atoms with Gasteiger partial charge in [0.25, 0.3) is 0 Å². The van der Waals surface area contributed by atoms with E-state index in [0.29, 0.717) is 24.7 Å². The largest absolute Gasteiger partial charge is 0.393 e. The molecule has 0 aromatic rings. The monoisotopic (exact) mass is 258 g/mol. The van der Waals surface area contributed by atoms with Crippen LogP contribution >= 0.6 is 11.8 Å². The number of hydrogen-bond donors (Lipinski definition) is 1. The van der Waals surface area contributed by atoms with Crippen molar-refractivity contribution in [2.24, 2.45) is 5.92 Å². The Kier molecular flexibility index (Phi) is 3.93. The number of likely N-dealkylation sites (tertiary alicyclic amines) is 1. The molecule has 2 saturated heterocycles. The van der Waals surface area contributed by atoms with Crippen molar-refractivity contribution in [2.45, 2.75) is 19.4 Å². The third-order valence-corrected chi connectivity index (χ3v) is 4.36. The lowest BCUT2D eigenvalue weighted by Gasteiger charge is -2.21. The number of carbonyl (C=O) groups is 2. The second-order valence-corrected chi connectivity index (χ2v) is 5.65. The first-order valence-corrected chi connectivity index (χ1v) is 7.04. The van der Waals surface area contributed by atoms with E-state index in [4.69, 9.17) is 0 Å². The van der Waals surface area contributed by atoms with E-state index in [0.717, 1.165) is 6.42 Å². The summed E-state index contributed by atoms with van der Waals surface area (Å²) in [4.78, 5) is 26.7. The molecule has 0 aliphatic carbocycles. The quantitative estimate of drug-likeness (QED) is 0.758. The summed E-state index contributed by atoms with van der Waals surface area (Å²) in [6, 6.07) is 0. The van der Waals surface area contributed by atoms with Gasteiger partial charge in [-0.05, 0) is 13.3 Å². The fourth-order valence-corrected chi connectivity index (χ4v) is 3.12. The highest BCUT2D eigenvalue weighted by atomic mass is 32.2. The van der Waals surface area contributed by atoms with Crippen LogP contribution in [0, 0.1) is 5.92 Å². The molecule has 2 aliphatic heterocycles. The highest BCUT2D eigenvalue weighted by Crippen LogP contribution is 2.21. The summed E-state index contributed by atoms with van der Waals surface area (Å²) in [6.07, 6.45) is 0.489. The van der Waals surface area contributed by atoms with Gasteiger partial charge in [-0.3, -0.25) is 9.59 Å². The van der Waals surface area contributed by atoms with E-state index >= 15 is 0 Å². The van der Waals surface area contributed by atoms with Crippen LogP contribution in [0.25, 0.3) is 0 Å². The predicted octanol–water partition coefficient (Wildman–Crippen LogP) is -0.251. The SMILES string of the molecule is CC(O)C1CCN(C(=O)CN2CSCC2=O)C1. The molecule has 5 nitrogen and oxygen atoms in total. The summed E-state index contributed by atoms with van der Waals surface area (Å²) in [6.45, 7) is 3.27. The van der Waals surface area contributed by atoms with Crippen LogP contribution in [0.5, 0.6) is 0 Å². The van der Waals surface area contributed by atoms with Crippen LogP contribution in [-0.2, 0) is 9.59 Å². The molecule has 2 unspecified atom stereocenters. The van der Waals surface area contributed by atoms with E-state index in [1.165, 1.54) is 0 Å². The van der Waals surface area contributed by atoms with E-state index in [1.54, 1.807) is 28.5 Å². The minimum absolute atomic E-state index is 0.00370. The zero-order valence-corrected chi connectivity index (χ0v) is 10.8. The van der Waals surface area contributed by atoms with Crippen LogP contribution in [0.1, 0.15) is 13.3 Å². The maximum Gasteiger partial charge on any atom is 0.242 e. The van der Waals surface area contributed by atoms with Crippen LogP contribution in [0.2, 0.25) is 0 Å². The van der Waals surface area contributed by atoms with Gasteiger partial charge >= 0.3 is 0 Å². The molecule has 0 aromatic carbocycles. The Hall–Kier alpha value is -0.750. The summed E-state index contributed by atoms with van der Waals surface area (Å²) in [5.74, 6) is 1.35. The van der Waals surface area contributed by atoms with Crippen LogP contribution in [0.4, 0.5) is 0 Å². The van der Waals surface area contributed by atoms with Crippen molar-refractivity contribution in [1.82, 2.24) is 9.80 Å². The fraction of sp³-hybridized carbons (Fsp3) is 0.818. The lowest BCUT2D eigenvalue weighted by Crippen LogP contribution is -2.40. The Balaban J connectivity index is 1.83. The van der Waals surface area contributed by atoms with Crippen LogP contribution in [0.15, 0.2) is 0 Å². The number of nitrogens with zero attached hydrogens (tertiary/aromatic N) is 2. The molecule has 96 valence electrons. The van der Waals surface area contributed by atoms with Crippen LogP contribution < -0.4 is 0 Å². The second kappa shape index (κ2) is 5.27. The minimum Gasteiger partial charge on any atom is -0.393 e. The highest BCUT2D eigenvalue weighted by molar-refractivity contribution is 8.00. The van der Waals surface area contributed by atoms with Crippen molar-refractivity contribution in [2.75, 3.05) is 31.3 Å². The van der Waals surface area contributed by atoms with Gasteiger partial charge in [-0.15, -0.1) is 11.8 Å². The van der Waals surface area contributed by atoms with E-state index in [-0.39, 0.29) is 30.4 Å². The number of carbonyl (C=O) groups excluding carboxylic acids is 2. The van der Waals surface area contributed by atoms with Crippen molar-refractivity contribution >= 4 is 23.6 Å². The Bertz CT molecular complexity index is 322. The molecule has 0 radical (unpaired) electrons. The number of rotatable bonds is 3. The Morgan fingerprint density at radius 2 is 2.41 bits per heavy atom. The number of amides is 2. The van der Waals surface area contributed by atoms with Gasteiger partial charge in [0, 0.05) is 19.0 Å². The minimum atomic E-state index is -0.364. The smallest absolute Gasteiger partial charge is 0.242 e. The molecular weight excluding hydrogens is 240 g/mol. The first-order chi connectivity index (χ1) is 8.08. The first kappa shape index (κ1) is 12.7. The molecule has 0 saturated carbocycles. The van der Waals surface area contributed by atoms with Crippen molar-refractivity contribution in [3.8, 4) is 0 Å². The van der Waals surface area contributed by atoms with Gasteiger partial charge in [-0.2, -0.15) is 0 Å². The Morgan fingerprint density at radius 3 is 2.94 bits per heavy atom. The standard InChI is InChI=1S/C11H18N2O3S/c1-8(14)9-2-3-12(4-9)10(15)5-13-7-17-6-11(13)16/h8-9,14H,2-7H2,1H3. The number of thioether (sulfide) groups is 1. The number of aliphatic hydroxyl groups is 1. The van der Waals surface area contributed by atoms with Crippen molar-refractivity contribution in [3.05, 3.63) is 0 Å². The van der Waals surface area contributed by atoms with Crippen molar-refractivity contribution in [3.63, 3.8) is 0 Å². The lowest BCUT2D eigenvalue weighted by molar-refractivity contribution is -0.137. The molecule has 2 amide bonds. The van der Waals surface area contributed by atoms with Gasteiger partial charge in [0.15, 0.2) is 0 Å². The van der Waals surface area contributed by atoms with Gasteiger partial charge in [0.05, 0.1) is 17.7 Å². The average molecular weight is 258 g/mol. The predicted molar refractivity (Wildman–Crippen MR) is 65.4 cm³/mol. The van der Waals surface area contributed by atoms with E-state index < -0.39 is 0 Å². The van der Waals surface area contributed by atoms with Crippen LogP contribution in [0.3, 0.4) is 0 Å². The zero-order chi connectivity index (χ0) is 12.4. The summed E-state index contributed by atoms with van der Waals surface area (Å²) >= 11 is 1.55. The average Bonchev–Trinajstić information content (AvgIpc) is 2.88.